The summed E-state index contributed by atoms with van der Waals surface area (Å²) in [7, 11) is 0. The highest BCUT2D eigenvalue weighted by Gasteiger charge is 2.08. The first-order valence-electron chi connectivity index (χ1n) is 5.55. The number of thiophene rings is 1. The number of benzene rings is 1. The van der Waals surface area contributed by atoms with Gasteiger partial charge in [0.05, 0.1) is 10.6 Å². The fourth-order valence-corrected chi connectivity index (χ4v) is 3.37. The third-order valence-electron chi connectivity index (χ3n) is 2.61. The average Bonchev–Trinajstić information content (AvgIpc) is 2.67. The van der Waals surface area contributed by atoms with Gasteiger partial charge in [0.2, 0.25) is 5.91 Å². The van der Waals surface area contributed by atoms with Crippen molar-refractivity contribution in [3.05, 3.63) is 49.1 Å². The van der Waals surface area contributed by atoms with Crippen molar-refractivity contribution in [1.29, 1.82) is 0 Å². The van der Waals surface area contributed by atoms with Crippen LogP contribution < -0.4 is 11.1 Å². The van der Waals surface area contributed by atoms with Gasteiger partial charge >= 0.3 is 0 Å². The lowest BCUT2D eigenvalue weighted by Gasteiger charge is -2.07. The molecule has 1 aromatic heterocycles. The quantitative estimate of drug-likeness (QED) is 0.860. The first-order chi connectivity index (χ1) is 8.97. The number of nitrogens with two attached hydrogens (primary N) is 1. The van der Waals surface area contributed by atoms with Crippen molar-refractivity contribution in [1.82, 2.24) is 0 Å². The van der Waals surface area contributed by atoms with Crippen LogP contribution in [-0.4, -0.2) is 5.91 Å². The van der Waals surface area contributed by atoms with E-state index in [2.05, 4.69) is 34.2 Å². The summed E-state index contributed by atoms with van der Waals surface area (Å²) >= 11 is 11.1. The molecule has 100 valence electrons. The molecule has 3 N–H and O–H groups in total. The lowest BCUT2D eigenvalue weighted by molar-refractivity contribution is 0.100. The molecule has 1 amide bonds. The summed E-state index contributed by atoms with van der Waals surface area (Å²) in [5.74, 6) is -0.525. The number of aryl methyl sites for hydroxylation is 1. The minimum atomic E-state index is -0.525. The molecule has 0 fully saturated rings. The highest BCUT2D eigenvalue weighted by atomic mass is 79.9. The van der Waals surface area contributed by atoms with Gasteiger partial charge in [0, 0.05) is 26.5 Å². The number of nitrogens with one attached hydrogen (secondary N) is 1. The number of amides is 1. The number of hydrogen-bond donors (Lipinski definition) is 2. The minimum absolute atomic E-state index is 0.329. The van der Waals surface area contributed by atoms with Gasteiger partial charge in [0.1, 0.15) is 0 Å². The first-order valence-corrected chi connectivity index (χ1v) is 7.54. The van der Waals surface area contributed by atoms with Crippen LogP contribution in [0.1, 0.15) is 20.1 Å². The molecule has 0 saturated carbocycles. The maximum absolute atomic E-state index is 11.2. The molecule has 3 nitrogen and oxygen atoms in total. The van der Waals surface area contributed by atoms with Crippen molar-refractivity contribution in [3.63, 3.8) is 0 Å². The lowest BCUT2D eigenvalue weighted by Crippen LogP contribution is -2.12. The molecule has 0 radical (unpaired) electrons. The van der Waals surface area contributed by atoms with E-state index >= 15 is 0 Å². The summed E-state index contributed by atoms with van der Waals surface area (Å²) in [6.07, 6.45) is 0. The predicted octanol–water partition coefficient (Wildman–Crippen LogP) is 4.18. The van der Waals surface area contributed by atoms with Gasteiger partial charge < -0.3 is 11.1 Å². The molecule has 1 aromatic carbocycles. The maximum atomic E-state index is 11.2. The Labute approximate surface area is 128 Å². The lowest BCUT2D eigenvalue weighted by atomic mass is 10.2. The van der Waals surface area contributed by atoms with Crippen LogP contribution >= 0.6 is 38.9 Å². The van der Waals surface area contributed by atoms with Crippen LogP contribution in [0.15, 0.2) is 28.7 Å². The molecule has 0 atom stereocenters. The Balaban J connectivity index is 2.11. The third kappa shape index (κ3) is 3.49. The van der Waals surface area contributed by atoms with Gasteiger partial charge in [-0.1, -0.05) is 11.6 Å². The number of halogens is 2. The SMILES string of the molecule is Cc1sc(CNc2ccc(Cl)c(C(N)=O)c2)cc1Br. The molecule has 0 bridgehead atoms. The standard InChI is InChI=1S/C13H12BrClN2OS/c1-7-11(14)5-9(19-7)6-17-8-2-3-12(15)10(4-8)13(16)18/h2-5,17H,6H2,1H3,(H2,16,18). The summed E-state index contributed by atoms with van der Waals surface area (Å²) in [6, 6.07) is 7.24. The normalized spacial score (nSPS) is 10.5. The zero-order valence-corrected chi connectivity index (χ0v) is 13.3. The molecule has 6 heteroatoms. The van der Waals surface area contributed by atoms with E-state index in [4.69, 9.17) is 17.3 Å². The minimum Gasteiger partial charge on any atom is -0.380 e. The smallest absolute Gasteiger partial charge is 0.250 e. The van der Waals surface area contributed by atoms with Crippen molar-refractivity contribution < 1.29 is 4.79 Å². The largest absolute Gasteiger partial charge is 0.380 e. The number of primary amides is 1. The first kappa shape index (κ1) is 14.4. The van der Waals surface area contributed by atoms with E-state index in [-0.39, 0.29) is 0 Å². The highest BCUT2D eigenvalue weighted by molar-refractivity contribution is 9.10. The zero-order valence-electron chi connectivity index (χ0n) is 10.2. The van der Waals surface area contributed by atoms with Crippen LogP contribution in [0.3, 0.4) is 0 Å². The molecular weight excluding hydrogens is 348 g/mol. The second kappa shape index (κ2) is 5.94. The van der Waals surface area contributed by atoms with Crippen LogP contribution in [0.5, 0.6) is 0 Å². The summed E-state index contributed by atoms with van der Waals surface area (Å²) < 4.78 is 1.11. The summed E-state index contributed by atoms with van der Waals surface area (Å²) in [6.45, 7) is 2.75. The molecule has 0 saturated heterocycles. The second-order valence-electron chi connectivity index (χ2n) is 4.03. The fourth-order valence-electron chi connectivity index (χ4n) is 1.62. The molecule has 0 aliphatic heterocycles. The maximum Gasteiger partial charge on any atom is 0.250 e. The van der Waals surface area contributed by atoms with E-state index in [9.17, 15) is 4.79 Å². The summed E-state index contributed by atoms with van der Waals surface area (Å²) in [5, 5.41) is 3.62. The molecule has 19 heavy (non-hydrogen) atoms. The highest BCUT2D eigenvalue weighted by Crippen LogP contribution is 2.27. The van der Waals surface area contributed by atoms with E-state index in [1.165, 1.54) is 9.75 Å². The number of hydrogen-bond acceptors (Lipinski definition) is 3. The van der Waals surface area contributed by atoms with E-state index in [0.29, 0.717) is 17.1 Å². The number of anilines is 1. The Bertz CT molecular complexity index is 608. The van der Waals surface area contributed by atoms with E-state index in [1.54, 1.807) is 23.5 Å². The topological polar surface area (TPSA) is 55.1 Å². The van der Waals surface area contributed by atoms with Crippen LogP contribution in [0.25, 0.3) is 0 Å². The molecule has 0 spiro atoms. The van der Waals surface area contributed by atoms with Crippen molar-refractivity contribution in [2.24, 2.45) is 5.73 Å². The Morgan fingerprint density at radius 3 is 2.79 bits per heavy atom. The van der Waals surface area contributed by atoms with Gasteiger partial charge in [-0.25, -0.2) is 0 Å². The van der Waals surface area contributed by atoms with Gasteiger partial charge in [-0.05, 0) is 47.1 Å². The van der Waals surface area contributed by atoms with E-state index < -0.39 is 5.91 Å². The van der Waals surface area contributed by atoms with Gasteiger partial charge in [-0.15, -0.1) is 11.3 Å². The molecule has 0 aliphatic rings. The van der Waals surface area contributed by atoms with Crippen LogP contribution in [-0.2, 0) is 6.54 Å². The van der Waals surface area contributed by atoms with Gasteiger partial charge in [-0.3, -0.25) is 4.79 Å². The van der Waals surface area contributed by atoms with Crippen LogP contribution in [0.2, 0.25) is 5.02 Å². The molecular formula is C13H12BrClN2OS. The number of rotatable bonds is 4. The van der Waals surface area contributed by atoms with E-state index in [0.717, 1.165) is 10.2 Å². The summed E-state index contributed by atoms with van der Waals surface area (Å²) in [4.78, 5) is 13.7. The van der Waals surface area contributed by atoms with Gasteiger partial charge in [0.25, 0.3) is 0 Å². The molecule has 2 aromatic rings. The Morgan fingerprint density at radius 1 is 1.47 bits per heavy atom. The predicted molar refractivity (Wildman–Crippen MR) is 84.1 cm³/mol. The molecule has 1 heterocycles. The van der Waals surface area contributed by atoms with Crippen LogP contribution in [0.4, 0.5) is 5.69 Å². The van der Waals surface area contributed by atoms with Crippen molar-refractivity contribution in [3.8, 4) is 0 Å². The summed E-state index contributed by atoms with van der Waals surface area (Å²) in [5.41, 5.74) is 6.41. The number of carbonyl (C=O) groups is 1. The third-order valence-corrected chi connectivity index (χ3v) is 5.07. The average molecular weight is 360 g/mol. The molecule has 0 aliphatic carbocycles. The van der Waals surface area contributed by atoms with Crippen molar-refractivity contribution in [2.45, 2.75) is 13.5 Å². The second-order valence-corrected chi connectivity index (χ2v) is 6.63. The Kier molecular flexibility index (Phi) is 4.50. The Hall–Kier alpha value is -1.04. The number of carbonyl (C=O) groups excluding carboxylic acids is 1. The van der Waals surface area contributed by atoms with Crippen LogP contribution in [0, 0.1) is 6.92 Å². The van der Waals surface area contributed by atoms with Gasteiger partial charge in [-0.2, -0.15) is 0 Å². The van der Waals surface area contributed by atoms with E-state index in [1.807, 2.05) is 6.07 Å². The fraction of sp³-hybridized carbons (Fsp3) is 0.154. The van der Waals surface area contributed by atoms with Crippen molar-refractivity contribution >= 4 is 50.5 Å². The van der Waals surface area contributed by atoms with Gasteiger partial charge in [0.15, 0.2) is 0 Å². The molecule has 0 unspecified atom stereocenters. The Morgan fingerprint density at radius 2 is 2.21 bits per heavy atom. The molecule has 2 rings (SSSR count). The zero-order chi connectivity index (χ0) is 14.0. The van der Waals surface area contributed by atoms with Crippen molar-refractivity contribution in [2.75, 3.05) is 5.32 Å². The monoisotopic (exact) mass is 358 g/mol.